The molecule has 0 radical (unpaired) electrons. The monoisotopic (exact) mass is 453 g/mol. The molecule has 2 aliphatic rings. The first-order chi connectivity index (χ1) is 14.2. The predicted molar refractivity (Wildman–Crippen MR) is 122 cm³/mol. The summed E-state index contributed by atoms with van der Waals surface area (Å²) in [6, 6.07) is 5.25. The molecule has 2 fully saturated rings. The number of benzene rings is 1. The van der Waals surface area contributed by atoms with Gasteiger partial charge in [0.05, 0.1) is 21.5 Å². The molecule has 7 heteroatoms. The van der Waals surface area contributed by atoms with Crippen LogP contribution in [-0.2, 0) is 15.0 Å². The molecule has 1 aromatic carbocycles. The number of hydrogen-bond acceptors (Lipinski definition) is 3. The molecule has 1 aromatic rings. The van der Waals surface area contributed by atoms with Crippen molar-refractivity contribution in [3.05, 3.63) is 33.8 Å². The van der Waals surface area contributed by atoms with E-state index in [2.05, 4.69) is 4.90 Å². The van der Waals surface area contributed by atoms with Crippen LogP contribution in [0.1, 0.15) is 52.0 Å². The highest BCUT2D eigenvalue weighted by atomic mass is 35.5. The smallest absolute Gasteiger partial charge is 0.239 e. The molecule has 30 heavy (non-hydrogen) atoms. The van der Waals surface area contributed by atoms with Gasteiger partial charge in [0.2, 0.25) is 11.8 Å². The van der Waals surface area contributed by atoms with Gasteiger partial charge in [0.15, 0.2) is 0 Å². The average Bonchev–Trinajstić information content (AvgIpc) is 3.03. The highest BCUT2D eigenvalue weighted by Gasteiger charge is 2.37. The number of piperazine rings is 1. The SMILES string of the molecule is CC(C(=O)N1CCCCCC1)N1CCN(C(=O)C(C)(C)c2ccc(Cl)c(Cl)c2)CC1. The summed E-state index contributed by atoms with van der Waals surface area (Å²) >= 11 is 12.2. The first kappa shape index (κ1) is 23.4. The van der Waals surface area contributed by atoms with Gasteiger partial charge < -0.3 is 9.80 Å². The van der Waals surface area contributed by atoms with Crippen LogP contribution in [0.3, 0.4) is 0 Å². The van der Waals surface area contributed by atoms with Gasteiger partial charge in [0.1, 0.15) is 0 Å². The van der Waals surface area contributed by atoms with Crippen LogP contribution < -0.4 is 0 Å². The van der Waals surface area contributed by atoms with Gasteiger partial charge >= 0.3 is 0 Å². The fourth-order valence-electron chi connectivity index (χ4n) is 4.43. The summed E-state index contributed by atoms with van der Waals surface area (Å²) in [7, 11) is 0. The standard InChI is InChI=1S/C23H33Cl2N3O2/c1-17(21(29)27-10-6-4-5-7-11-27)26-12-14-28(15-13-26)22(30)23(2,3)18-8-9-19(24)20(25)16-18/h8-9,16-17H,4-7,10-15H2,1-3H3. The van der Waals surface area contributed by atoms with Crippen LogP contribution in [0.5, 0.6) is 0 Å². The third-order valence-electron chi connectivity index (χ3n) is 6.60. The normalized spacial score (nSPS) is 20.0. The summed E-state index contributed by atoms with van der Waals surface area (Å²) in [6.45, 7) is 10.3. The van der Waals surface area contributed by atoms with Crippen molar-refractivity contribution in [3.8, 4) is 0 Å². The quantitative estimate of drug-likeness (QED) is 0.685. The summed E-state index contributed by atoms with van der Waals surface area (Å²) in [6.07, 6.45) is 4.64. The summed E-state index contributed by atoms with van der Waals surface area (Å²) in [5.41, 5.74) is 0.165. The molecule has 1 unspecified atom stereocenters. The minimum absolute atomic E-state index is 0.0760. The van der Waals surface area contributed by atoms with Crippen LogP contribution in [-0.4, -0.2) is 71.8 Å². The van der Waals surface area contributed by atoms with E-state index >= 15 is 0 Å². The maximum atomic E-state index is 13.3. The second-order valence-electron chi connectivity index (χ2n) is 9.00. The van der Waals surface area contributed by atoms with Crippen LogP contribution in [0, 0.1) is 0 Å². The maximum Gasteiger partial charge on any atom is 0.239 e. The fraction of sp³-hybridized carbons (Fsp3) is 0.652. The van der Waals surface area contributed by atoms with Crippen LogP contribution in [0.15, 0.2) is 18.2 Å². The first-order valence-electron chi connectivity index (χ1n) is 11.0. The van der Waals surface area contributed by atoms with Crippen molar-refractivity contribution in [1.29, 1.82) is 0 Å². The van der Waals surface area contributed by atoms with E-state index in [0.717, 1.165) is 31.5 Å². The Balaban J connectivity index is 1.59. The lowest BCUT2D eigenvalue weighted by Gasteiger charge is -2.41. The van der Waals surface area contributed by atoms with E-state index in [0.29, 0.717) is 36.2 Å². The molecule has 0 bridgehead atoms. The number of carbonyl (C=O) groups is 2. The lowest BCUT2D eigenvalue weighted by Crippen LogP contribution is -2.57. The largest absolute Gasteiger partial charge is 0.341 e. The Labute approximate surface area is 190 Å². The molecule has 0 aliphatic carbocycles. The third kappa shape index (κ3) is 5.12. The van der Waals surface area contributed by atoms with Crippen molar-refractivity contribution in [2.45, 2.75) is 57.9 Å². The number of rotatable bonds is 4. The van der Waals surface area contributed by atoms with E-state index in [4.69, 9.17) is 23.2 Å². The van der Waals surface area contributed by atoms with E-state index in [1.807, 2.05) is 36.6 Å². The van der Waals surface area contributed by atoms with Crippen LogP contribution in [0.25, 0.3) is 0 Å². The van der Waals surface area contributed by atoms with E-state index < -0.39 is 5.41 Å². The summed E-state index contributed by atoms with van der Waals surface area (Å²) in [5, 5.41) is 0.945. The molecule has 0 spiro atoms. The molecule has 2 saturated heterocycles. The van der Waals surface area contributed by atoms with Crippen molar-refractivity contribution in [2.24, 2.45) is 0 Å². The second kappa shape index (κ2) is 9.88. The lowest BCUT2D eigenvalue weighted by molar-refractivity contribution is -0.141. The van der Waals surface area contributed by atoms with Gasteiger partial charge in [-0.05, 0) is 51.3 Å². The number of halogens is 2. The number of amides is 2. The Hall–Kier alpha value is -1.30. The summed E-state index contributed by atoms with van der Waals surface area (Å²) in [5.74, 6) is 0.305. The van der Waals surface area contributed by atoms with Crippen molar-refractivity contribution in [2.75, 3.05) is 39.3 Å². The van der Waals surface area contributed by atoms with E-state index in [9.17, 15) is 9.59 Å². The Kier molecular flexibility index (Phi) is 7.70. The average molecular weight is 454 g/mol. The van der Waals surface area contributed by atoms with E-state index in [1.165, 1.54) is 12.8 Å². The zero-order valence-electron chi connectivity index (χ0n) is 18.3. The van der Waals surface area contributed by atoms with E-state index in [-0.39, 0.29) is 17.9 Å². The summed E-state index contributed by atoms with van der Waals surface area (Å²) in [4.78, 5) is 32.4. The third-order valence-corrected chi connectivity index (χ3v) is 7.34. The Morgan fingerprint density at radius 3 is 2.03 bits per heavy atom. The van der Waals surface area contributed by atoms with Gasteiger partial charge in [-0.2, -0.15) is 0 Å². The molecule has 2 amide bonds. The minimum Gasteiger partial charge on any atom is -0.341 e. The van der Waals surface area contributed by atoms with Crippen molar-refractivity contribution in [1.82, 2.24) is 14.7 Å². The number of carbonyl (C=O) groups excluding carboxylic acids is 2. The molecule has 166 valence electrons. The molecular weight excluding hydrogens is 421 g/mol. The molecule has 5 nitrogen and oxygen atoms in total. The lowest BCUT2D eigenvalue weighted by atomic mass is 9.83. The van der Waals surface area contributed by atoms with E-state index in [1.54, 1.807) is 12.1 Å². The molecule has 2 aliphatic heterocycles. The van der Waals surface area contributed by atoms with Gasteiger partial charge in [0.25, 0.3) is 0 Å². The summed E-state index contributed by atoms with van der Waals surface area (Å²) < 4.78 is 0. The van der Waals surface area contributed by atoms with Crippen LogP contribution in [0.2, 0.25) is 10.0 Å². The van der Waals surface area contributed by atoms with Crippen molar-refractivity contribution < 1.29 is 9.59 Å². The van der Waals surface area contributed by atoms with Crippen LogP contribution >= 0.6 is 23.2 Å². The zero-order valence-corrected chi connectivity index (χ0v) is 19.8. The predicted octanol–water partition coefficient (Wildman–Crippen LogP) is 4.21. The number of hydrogen-bond donors (Lipinski definition) is 0. The van der Waals surface area contributed by atoms with Gasteiger partial charge in [-0.1, -0.05) is 42.1 Å². The molecule has 0 N–H and O–H groups in total. The van der Waals surface area contributed by atoms with Gasteiger partial charge in [-0.15, -0.1) is 0 Å². The van der Waals surface area contributed by atoms with Crippen molar-refractivity contribution >= 4 is 35.0 Å². The Morgan fingerprint density at radius 2 is 1.47 bits per heavy atom. The number of nitrogens with zero attached hydrogens (tertiary/aromatic N) is 3. The van der Waals surface area contributed by atoms with Crippen LogP contribution in [0.4, 0.5) is 0 Å². The highest BCUT2D eigenvalue weighted by Crippen LogP contribution is 2.31. The molecule has 2 heterocycles. The molecule has 0 aromatic heterocycles. The molecule has 1 atom stereocenters. The maximum absolute atomic E-state index is 13.3. The molecule has 0 saturated carbocycles. The highest BCUT2D eigenvalue weighted by molar-refractivity contribution is 6.42. The fourth-order valence-corrected chi connectivity index (χ4v) is 4.73. The minimum atomic E-state index is -0.691. The van der Waals surface area contributed by atoms with Gasteiger partial charge in [-0.25, -0.2) is 0 Å². The topological polar surface area (TPSA) is 43.9 Å². The van der Waals surface area contributed by atoms with Gasteiger partial charge in [0, 0.05) is 39.3 Å². The van der Waals surface area contributed by atoms with Gasteiger partial charge in [-0.3, -0.25) is 14.5 Å². The molecule has 3 rings (SSSR count). The molecular formula is C23H33Cl2N3O2. The zero-order chi connectivity index (χ0) is 21.9. The van der Waals surface area contributed by atoms with Crippen molar-refractivity contribution in [3.63, 3.8) is 0 Å². The first-order valence-corrected chi connectivity index (χ1v) is 11.7. The Morgan fingerprint density at radius 1 is 0.867 bits per heavy atom. The second-order valence-corrected chi connectivity index (χ2v) is 9.81. The number of likely N-dealkylation sites (tertiary alicyclic amines) is 1. The Bertz CT molecular complexity index is 768.